The number of anilines is 1. The molecule has 0 heterocycles. The van der Waals surface area contributed by atoms with Crippen LogP contribution in [0.2, 0.25) is 0 Å². The lowest BCUT2D eigenvalue weighted by Crippen LogP contribution is -2.19. The van der Waals surface area contributed by atoms with Crippen LogP contribution < -0.4 is 10.5 Å². The van der Waals surface area contributed by atoms with Crippen LogP contribution in [-0.2, 0) is 9.53 Å². The van der Waals surface area contributed by atoms with Crippen molar-refractivity contribution in [2.24, 2.45) is 0 Å². The fourth-order valence-corrected chi connectivity index (χ4v) is 1.07. The summed E-state index contributed by atoms with van der Waals surface area (Å²) in [5, 5.41) is 0. The molecule has 7 heteroatoms. The quantitative estimate of drug-likeness (QED) is 0.653. The number of benzene rings is 1. The molecule has 0 unspecified atom stereocenters. The van der Waals surface area contributed by atoms with Gasteiger partial charge in [0.2, 0.25) is 0 Å². The molecule has 1 rings (SSSR count). The van der Waals surface area contributed by atoms with Crippen molar-refractivity contribution in [2.45, 2.75) is 12.6 Å². The van der Waals surface area contributed by atoms with Gasteiger partial charge in [-0.3, -0.25) is 0 Å². The van der Waals surface area contributed by atoms with Crippen LogP contribution in [0.5, 0.6) is 5.75 Å². The second kappa shape index (κ2) is 6.13. The zero-order chi connectivity index (χ0) is 13.6. The van der Waals surface area contributed by atoms with Crippen molar-refractivity contribution in [1.82, 2.24) is 0 Å². The molecule has 0 spiro atoms. The predicted molar refractivity (Wildman–Crippen MR) is 58.0 cm³/mol. The van der Waals surface area contributed by atoms with E-state index in [1.54, 1.807) is 24.3 Å². The Morgan fingerprint density at radius 2 is 1.94 bits per heavy atom. The number of halogens is 3. The SMILES string of the molecule is Nc1ccccc1OCC(=O)OCCC(F)(F)F. The maximum absolute atomic E-state index is 11.8. The first-order chi connectivity index (χ1) is 8.38. The molecule has 0 fully saturated rings. The van der Waals surface area contributed by atoms with Crippen molar-refractivity contribution in [2.75, 3.05) is 18.9 Å². The Kier molecular flexibility index (Phi) is 4.82. The average molecular weight is 263 g/mol. The molecule has 1 aromatic carbocycles. The number of ether oxygens (including phenoxy) is 2. The van der Waals surface area contributed by atoms with Gasteiger partial charge in [0.25, 0.3) is 0 Å². The van der Waals surface area contributed by atoms with E-state index in [1.165, 1.54) is 0 Å². The highest BCUT2D eigenvalue weighted by atomic mass is 19.4. The topological polar surface area (TPSA) is 61.5 Å². The van der Waals surface area contributed by atoms with Gasteiger partial charge in [-0.05, 0) is 12.1 Å². The predicted octanol–water partition coefficient (Wildman–Crippen LogP) is 2.14. The van der Waals surface area contributed by atoms with Gasteiger partial charge in [0.15, 0.2) is 6.61 Å². The van der Waals surface area contributed by atoms with E-state index in [2.05, 4.69) is 4.74 Å². The molecular weight excluding hydrogens is 251 g/mol. The minimum Gasteiger partial charge on any atom is -0.480 e. The van der Waals surface area contributed by atoms with Gasteiger partial charge in [-0.15, -0.1) is 0 Å². The van der Waals surface area contributed by atoms with E-state index in [4.69, 9.17) is 10.5 Å². The van der Waals surface area contributed by atoms with Crippen LogP contribution in [-0.4, -0.2) is 25.4 Å². The molecule has 100 valence electrons. The molecule has 0 aliphatic carbocycles. The van der Waals surface area contributed by atoms with Crippen molar-refractivity contribution in [1.29, 1.82) is 0 Å². The Bertz CT molecular complexity index is 407. The standard InChI is InChI=1S/C11H12F3NO3/c12-11(13,14)5-6-17-10(16)7-18-9-4-2-1-3-8(9)15/h1-4H,5-7,15H2. The molecule has 0 radical (unpaired) electrons. The number of para-hydroxylation sites is 2. The lowest BCUT2D eigenvalue weighted by Gasteiger charge is -2.09. The molecule has 0 amide bonds. The van der Waals surface area contributed by atoms with Gasteiger partial charge in [0.05, 0.1) is 12.1 Å². The van der Waals surface area contributed by atoms with Crippen LogP contribution in [0.4, 0.5) is 18.9 Å². The third-order valence-electron chi connectivity index (χ3n) is 1.91. The van der Waals surface area contributed by atoms with Gasteiger partial charge in [-0.25, -0.2) is 4.79 Å². The Morgan fingerprint density at radius 3 is 2.56 bits per heavy atom. The summed E-state index contributed by atoms with van der Waals surface area (Å²) >= 11 is 0. The van der Waals surface area contributed by atoms with Crippen LogP contribution in [0.1, 0.15) is 6.42 Å². The fourth-order valence-electron chi connectivity index (χ4n) is 1.07. The second-order valence-electron chi connectivity index (χ2n) is 3.41. The summed E-state index contributed by atoms with van der Waals surface area (Å²) in [5.41, 5.74) is 5.87. The molecule has 0 aliphatic rings. The van der Waals surface area contributed by atoms with Gasteiger partial charge in [0, 0.05) is 0 Å². The lowest BCUT2D eigenvalue weighted by molar-refractivity contribution is -0.160. The van der Waals surface area contributed by atoms with Gasteiger partial charge in [-0.2, -0.15) is 13.2 Å². The lowest BCUT2D eigenvalue weighted by atomic mass is 10.3. The van der Waals surface area contributed by atoms with Crippen molar-refractivity contribution in [3.05, 3.63) is 24.3 Å². The number of esters is 1. The molecule has 0 saturated carbocycles. The van der Waals surface area contributed by atoms with E-state index < -0.39 is 31.8 Å². The summed E-state index contributed by atoms with van der Waals surface area (Å²) in [7, 11) is 0. The Hall–Kier alpha value is -1.92. The maximum atomic E-state index is 11.8. The van der Waals surface area contributed by atoms with E-state index in [0.717, 1.165) is 0 Å². The average Bonchev–Trinajstić information content (AvgIpc) is 2.26. The van der Waals surface area contributed by atoms with Gasteiger partial charge in [0.1, 0.15) is 12.4 Å². The second-order valence-corrected chi connectivity index (χ2v) is 3.41. The van der Waals surface area contributed by atoms with Crippen LogP contribution in [0, 0.1) is 0 Å². The number of carbonyl (C=O) groups is 1. The molecule has 0 bridgehead atoms. The number of alkyl halides is 3. The zero-order valence-corrected chi connectivity index (χ0v) is 9.37. The Balaban J connectivity index is 2.28. The molecule has 0 saturated heterocycles. The summed E-state index contributed by atoms with van der Waals surface area (Å²) in [6.45, 7) is -1.19. The summed E-state index contributed by atoms with van der Waals surface area (Å²) in [5.74, 6) is -0.590. The van der Waals surface area contributed by atoms with Crippen molar-refractivity contribution < 1.29 is 27.4 Å². The normalized spacial score (nSPS) is 11.1. The van der Waals surface area contributed by atoms with Crippen LogP contribution >= 0.6 is 0 Å². The highest BCUT2D eigenvalue weighted by molar-refractivity contribution is 5.71. The number of hydrogen-bond acceptors (Lipinski definition) is 4. The molecule has 0 aromatic heterocycles. The molecule has 0 aliphatic heterocycles. The number of nitrogens with two attached hydrogens (primary N) is 1. The minimum absolute atomic E-state index is 0.283. The van der Waals surface area contributed by atoms with Crippen molar-refractivity contribution >= 4 is 11.7 Å². The van der Waals surface area contributed by atoms with E-state index in [9.17, 15) is 18.0 Å². The molecule has 0 atom stereocenters. The molecular formula is C11H12F3NO3. The smallest absolute Gasteiger partial charge is 0.392 e. The van der Waals surface area contributed by atoms with E-state index >= 15 is 0 Å². The number of rotatable bonds is 5. The molecule has 4 nitrogen and oxygen atoms in total. The highest BCUT2D eigenvalue weighted by Crippen LogP contribution is 2.20. The van der Waals surface area contributed by atoms with Gasteiger partial charge in [-0.1, -0.05) is 12.1 Å². The van der Waals surface area contributed by atoms with E-state index in [-0.39, 0.29) is 5.75 Å². The third kappa shape index (κ3) is 5.42. The molecule has 1 aromatic rings. The monoisotopic (exact) mass is 263 g/mol. The first kappa shape index (κ1) is 14.1. The Labute approximate surface area is 101 Å². The Morgan fingerprint density at radius 1 is 1.28 bits per heavy atom. The fraction of sp³-hybridized carbons (Fsp3) is 0.364. The number of nitrogen functional groups attached to an aromatic ring is 1. The van der Waals surface area contributed by atoms with Crippen molar-refractivity contribution in [3.8, 4) is 5.75 Å². The summed E-state index contributed by atoms with van der Waals surface area (Å²) in [4.78, 5) is 11.1. The number of hydrogen-bond donors (Lipinski definition) is 1. The summed E-state index contributed by atoms with van der Waals surface area (Å²) < 4.78 is 44.7. The largest absolute Gasteiger partial charge is 0.480 e. The van der Waals surface area contributed by atoms with Crippen LogP contribution in [0.25, 0.3) is 0 Å². The third-order valence-corrected chi connectivity index (χ3v) is 1.91. The van der Waals surface area contributed by atoms with Crippen LogP contribution in [0.3, 0.4) is 0 Å². The first-order valence-corrected chi connectivity index (χ1v) is 5.08. The zero-order valence-electron chi connectivity index (χ0n) is 9.37. The van der Waals surface area contributed by atoms with Gasteiger partial charge >= 0.3 is 12.1 Å². The highest BCUT2D eigenvalue weighted by Gasteiger charge is 2.27. The number of carbonyl (C=O) groups excluding carboxylic acids is 1. The first-order valence-electron chi connectivity index (χ1n) is 5.08. The minimum atomic E-state index is -4.34. The molecule has 2 N–H and O–H groups in total. The maximum Gasteiger partial charge on any atom is 0.392 e. The van der Waals surface area contributed by atoms with Crippen LogP contribution in [0.15, 0.2) is 24.3 Å². The van der Waals surface area contributed by atoms with Crippen molar-refractivity contribution in [3.63, 3.8) is 0 Å². The summed E-state index contributed by atoms with van der Waals surface area (Å²) in [6, 6.07) is 6.45. The summed E-state index contributed by atoms with van der Waals surface area (Å²) in [6.07, 6.45) is -5.52. The van der Waals surface area contributed by atoms with Gasteiger partial charge < -0.3 is 15.2 Å². The molecule has 18 heavy (non-hydrogen) atoms. The van der Waals surface area contributed by atoms with E-state index in [0.29, 0.717) is 5.69 Å². The van der Waals surface area contributed by atoms with E-state index in [1.807, 2.05) is 0 Å².